The molecule has 2 heteroatoms. The predicted octanol–water partition coefficient (Wildman–Crippen LogP) is 5.77. The van der Waals surface area contributed by atoms with Crippen molar-refractivity contribution in [3.63, 3.8) is 0 Å². The van der Waals surface area contributed by atoms with Crippen molar-refractivity contribution in [3.05, 3.63) is 10.8 Å². The number of rotatable bonds is 4. The first-order valence-corrected chi connectivity index (χ1v) is 10.4. The van der Waals surface area contributed by atoms with Crippen LogP contribution in [-0.4, -0.2) is 13.9 Å². The van der Waals surface area contributed by atoms with E-state index in [-0.39, 0.29) is 5.41 Å². The van der Waals surface area contributed by atoms with Gasteiger partial charge in [-0.1, -0.05) is 67.9 Å². The van der Waals surface area contributed by atoms with Crippen molar-refractivity contribution in [1.82, 2.24) is 0 Å². The summed E-state index contributed by atoms with van der Waals surface area (Å²) in [7, 11) is -1.82. The minimum atomic E-state index is -1.82. The number of hydrogen-bond acceptors (Lipinski definition) is 1. The lowest BCUT2D eigenvalue weighted by Gasteiger charge is -2.44. The SMILES string of the molecule is CC1=C([Si](C(C)C)(C(C)C)C(C)C)C(=O)C(C)(C)[C@H]1C. The van der Waals surface area contributed by atoms with Crippen molar-refractivity contribution in [2.45, 2.75) is 85.9 Å². The van der Waals surface area contributed by atoms with E-state index in [4.69, 9.17) is 0 Å². The van der Waals surface area contributed by atoms with E-state index >= 15 is 0 Å². The van der Waals surface area contributed by atoms with E-state index < -0.39 is 8.07 Å². The second kappa shape index (κ2) is 5.44. The Morgan fingerprint density at radius 2 is 1.30 bits per heavy atom. The summed E-state index contributed by atoms with van der Waals surface area (Å²) in [4.78, 5) is 13.2. The van der Waals surface area contributed by atoms with Gasteiger partial charge >= 0.3 is 0 Å². The highest BCUT2D eigenvalue weighted by Crippen LogP contribution is 2.54. The number of carbonyl (C=O) groups excluding carboxylic acids is 1. The summed E-state index contributed by atoms with van der Waals surface area (Å²) in [5, 5.41) is 1.29. The highest BCUT2D eigenvalue weighted by Gasteiger charge is 2.56. The van der Waals surface area contributed by atoms with Gasteiger partial charge in [0.05, 0.1) is 8.07 Å². The summed E-state index contributed by atoms with van der Waals surface area (Å²) < 4.78 is 0. The monoisotopic (exact) mass is 294 g/mol. The molecular weight excluding hydrogens is 260 g/mol. The van der Waals surface area contributed by atoms with Crippen LogP contribution >= 0.6 is 0 Å². The minimum absolute atomic E-state index is 0.212. The molecule has 1 rings (SSSR count). The van der Waals surface area contributed by atoms with E-state index in [1.165, 1.54) is 10.8 Å². The van der Waals surface area contributed by atoms with Crippen molar-refractivity contribution < 1.29 is 4.79 Å². The Balaban J connectivity index is 3.63. The lowest BCUT2D eigenvalue weighted by molar-refractivity contribution is -0.122. The first kappa shape index (κ1) is 17.7. The summed E-state index contributed by atoms with van der Waals surface area (Å²) >= 11 is 0. The Morgan fingerprint density at radius 3 is 1.50 bits per heavy atom. The van der Waals surface area contributed by atoms with Gasteiger partial charge in [-0.2, -0.15) is 0 Å². The van der Waals surface area contributed by atoms with Crippen molar-refractivity contribution in [2.24, 2.45) is 11.3 Å². The quantitative estimate of drug-likeness (QED) is 0.602. The van der Waals surface area contributed by atoms with Crippen LogP contribution < -0.4 is 0 Å². The molecule has 0 aliphatic heterocycles. The van der Waals surface area contributed by atoms with Gasteiger partial charge in [0.1, 0.15) is 0 Å². The summed E-state index contributed by atoms with van der Waals surface area (Å²) in [6.45, 7) is 22.8. The minimum Gasteiger partial charge on any atom is -0.294 e. The number of hydrogen-bond donors (Lipinski definition) is 0. The van der Waals surface area contributed by atoms with Crippen LogP contribution in [-0.2, 0) is 4.79 Å². The maximum absolute atomic E-state index is 13.2. The van der Waals surface area contributed by atoms with Crippen molar-refractivity contribution >= 4 is 13.9 Å². The van der Waals surface area contributed by atoms with Gasteiger partial charge in [-0.05, 0) is 34.7 Å². The average Bonchev–Trinajstić information content (AvgIpc) is 2.43. The maximum Gasteiger partial charge on any atom is 0.161 e. The first-order valence-electron chi connectivity index (χ1n) is 8.19. The zero-order valence-electron chi connectivity index (χ0n) is 15.2. The zero-order valence-corrected chi connectivity index (χ0v) is 16.2. The van der Waals surface area contributed by atoms with Gasteiger partial charge in [0.15, 0.2) is 5.78 Å². The largest absolute Gasteiger partial charge is 0.294 e. The number of ketones is 1. The van der Waals surface area contributed by atoms with Crippen LogP contribution in [0.2, 0.25) is 16.6 Å². The van der Waals surface area contributed by atoms with Crippen molar-refractivity contribution in [2.75, 3.05) is 0 Å². The Kier molecular flexibility index (Phi) is 4.81. The fourth-order valence-corrected chi connectivity index (χ4v) is 12.2. The van der Waals surface area contributed by atoms with Gasteiger partial charge in [0, 0.05) is 5.41 Å². The number of Topliss-reactive ketones (excluding diaryl/α,β-unsaturated/α-hetero) is 1. The molecule has 0 heterocycles. The predicted molar refractivity (Wildman–Crippen MR) is 91.7 cm³/mol. The van der Waals surface area contributed by atoms with Crippen LogP contribution in [0.1, 0.15) is 69.2 Å². The van der Waals surface area contributed by atoms with Crippen LogP contribution in [0.15, 0.2) is 10.8 Å². The van der Waals surface area contributed by atoms with Crippen molar-refractivity contribution in [1.29, 1.82) is 0 Å². The molecule has 0 saturated carbocycles. The lowest BCUT2D eigenvalue weighted by Crippen LogP contribution is -2.50. The Bertz CT molecular complexity index is 405. The topological polar surface area (TPSA) is 17.1 Å². The molecule has 20 heavy (non-hydrogen) atoms. The maximum atomic E-state index is 13.2. The summed E-state index contributed by atoms with van der Waals surface area (Å²) in [5.41, 5.74) is 3.01. The molecule has 1 nitrogen and oxygen atoms in total. The fraction of sp³-hybridized carbons (Fsp3) is 0.833. The molecule has 0 aromatic heterocycles. The molecule has 0 fully saturated rings. The molecule has 0 aromatic rings. The second-order valence-corrected chi connectivity index (χ2v) is 14.1. The molecule has 1 aliphatic carbocycles. The third-order valence-electron chi connectivity index (χ3n) is 6.24. The average molecular weight is 295 g/mol. The van der Waals surface area contributed by atoms with E-state index in [0.29, 0.717) is 28.3 Å². The summed E-state index contributed by atoms with van der Waals surface area (Å²) in [6.07, 6.45) is 0. The highest BCUT2D eigenvalue weighted by atomic mass is 28.3. The van der Waals surface area contributed by atoms with Crippen LogP contribution in [0, 0.1) is 11.3 Å². The molecule has 0 unspecified atom stereocenters. The Morgan fingerprint density at radius 1 is 0.950 bits per heavy atom. The molecular formula is C18H34OSi. The summed E-state index contributed by atoms with van der Waals surface area (Å²) in [5.74, 6) is 0.832. The number of allylic oxidation sites excluding steroid dienone is 2. The molecule has 0 radical (unpaired) electrons. The van der Waals surface area contributed by atoms with Crippen molar-refractivity contribution in [3.8, 4) is 0 Å². The smallest absolute Gasteiger partial charge is 0.161 e. The second-order valence-electron chi connectivity index (χ2n) is 8.23. The molecule has 0 bridgehead atoms. The van der Waals surface area contributed by atoms with E-state index in [2.05, 4.69) is 69.2 Å². The third kappa shape index (κ3) is 2.15. The van der Waals surface area contributed by atoms with E-state index in [0.717, 1.165) is 0 Å². The normalized spacial score (nSPS) is 23.6. The molecule has 1 aliphatic rings. The number of carbonyl (C=O) groups is 1. The van der Waals surface area contributed by atoms with Gasteiger partial charge in [0.2, 0.25) is 0 Å². The molecule has 0 aromatic carbocycles. The van der Waals surface area contributed by atoms with Crippen LogP contribution in [0.3, 0.4) is 0 Å². The Labute approximate surface area is 127 Å². The lowest BCUT2D eigenvalue weighted by atomic mass is 9.79. The van der Waals surface area contributed by atoms with Crippen LogP contribution in [0.5, 0.6) is 0 Å². The van der Waals surface area contributed by atoms with E-state index in [9.17, 15) is 4.79 Å². The molecule has 0 N–H and O–H groups in total. The van der Waals surface area contributed by atoms with E-state index in [1.807, 2.05) is 0 Å². The standard InChI is InChI=1S/C18H34OSi/c1-11(2)20(12(3)4,13(5)6)16-14(7)15(8)18(9,10)17(16)19/h11-13,15H,1-10H3/t15-/m0/s1. The molecule has 116 valence electrons. The summed E-state index contributed by atoms with van der Waals surface area (Å²) in [6, 6.07) is 0. The Hall–Kier alpha value is -0.373. The highest BCUT2D eigenvalue weighted by molar-refractivity contribution is 6.93. The van der Waals surface area contributed by atoms with Crippen LogP contribution in [0.25, 0.3) is 0 Å². The molecule has 0 spiro atoms. The van der Waals surface area contributed by atoms with Gasteiger partial charge < -0.3 is 0 Å². The first-order chi connectivity index (χ1) is 8.93. The van der Waals surface area contributed by atoms with Gasteiger partial charge in [0.25, 0.3) is 0 Å². The molecule has 1 atom stereocenters. The van der Waals surface area contributed by atoms with E-state index in [1.54, 1.807) is 0 Å². The van der Waals surface area contributed by atoms with Gasteiger partial charge in [-0.15, -0.1) is 0 Å². The molecule has 0 amide bonds. The fourth-order valence-electron chi connectivity index (χ4n) is 4.86. The molecule has 0 saturated heterocycles. The third-order valence-corrected chi connectivity index (χ3v) is 13.5. The zero-order chi connectivity index (χ0) is 16.0. The van der Waals surface area contributed by atoms with Gasteiger partial charge in [-0.25, -0.2) is 0 Å². The van der Waals surface area contributed by atoms with Crippen LogP contribution in [0.4, 0.5) is 0 Å². The van der Waals surface area contributed by atoms with Gasteiger partial charge in [-0.3, -0.25) is 4.79 Å².